The molecular weight excluding hydrogens is 232 g/mol. The molecule has 1 aliphatic carbocycles. The van der Waals surface area contributed by atoms with Gasteiger partial charge in [0.1, 0.15) is 0 Å². The van der Waals surface area contributed by atoms with E-state index in [1.54, 1.807) is 0 Å². The number of piperidine rings is 3. The van der Waals surface area contributed by atoms with Crippen molar-refractivity contribution in [3.63, 3.8) is 0 Å². The van der Waals surface area contributed by atoms with Crippen LogP contribution >= 0.6 is 0 Å². The van der Waals surface area contributed by atoms with Crippen molar-refractivity contribution in [2.75, 3.05) is 26.2 Å². The number of nitrogens with one attached hydrogen (secondary N) is 1. The van der Waals surface area contributed by atoms with Crippen LogP contribution in [0.25, 0.3) is 0 Å². The molecule has 0 aromatic rings. The molecule has 19 heavy (non-hydrogen) atoms. The summed E-state index contributed by atoms with van der Waals surface area (Å²) in [5.74, 6) is 5.28. The van der Waals surface area contributed by atoms with Crippen LogP contribution in [0.2, 0.25) is 0 Å². The van der Waals surface area contributed by atoms with Crippen LogP contribution in [0.4, 0.5) is 0 Å². The van der Waals surface area contributed by atoms with Gasteiger partial charge in [-0.25, -0.2) is 0 Å². The van der Waals surface area contributed by atoms with Crippen molar-refractivity contribution in [3.05, 3.63) is 0 Å². The molecule has 0 aromatic carbocycles. The second-order valence-corrected chi connectivity index (χ2v) is 6.87. The van der Waals surface area contributed by atoms with E-state index in [2.05, 4.69) is 16.1 Å². The van der Waals surface area contributed by atoms with E-state index in [1.165, 1.54) is 64.6 Å². The van der Waals surface area contributed by atoms with Gasteiger partial charge in [0.15, 0.2) is 0 Å². The number of nitrogens with zero attached hydrogens (tertiary/aromatic N) is 1. The average molecular weight is 260 g/mol. The third-order valence-electron chi connectivity index (χ3n) is 5.63. The minimum absolute atomic E-state index is 0.531. The van der Waals surface area contributed by atoms with Crippen LogP contribution in [-0.4, -0.2) is 37.1 Å². The zero-order chi connectivity index (χ0) is 13.1. The number of rotatable bonds is 4. The molecule has 1 N–H and O–H groups in total. The first-order chi connectivity index (χ1) is 9.36. The lowest BCUT2D eigenvalue weighted by Crippen LogP contribution is -2.56. The van der Waals surface area contributed by atoms with Crippen LogP contribution in [0.15, 0.2) is 0 Å². The summed E-state index contributed by atoms with van der Waals surface area (Å²) < 4.78 is 0. The van der Waals surface area contributed by atoms with Gasteiger partial charge in [-0.05, 0) is 50.6 Å². The molecule has 3 aliphatic heterocycles. The van der Waals surface area contributed by atoms with E-state index in [0.717, 1.165) is 24.4 Å². The van der Waals surface area contributed by atoms with Crippen molar-refractivity contribution < 1.29 is 0 Å². The molecule has 4 aliphatic rings. The summed E-state index contributed by atoms with van der Waals surface area (Å²) in [4.78, 5) is 2.64. The molecule has 2 nitrogen and oxygen atoms in total. The van der Waals surface area contributed by atoms with Gasteiger partial charge in [-0.15, -0.1) is 12.3 Å². The summed E-state index contributed by atoms with van der Waals surface area (Å²) in [5.41, 5.74) is 0. The van der Waals surface area contributed by atoms with Gasteiger partial charge in [0.2, 0.25) is 0 Å². The minimum Gasteiger partial charge on any atom is -0.315 e. The molecule has 4 fully saturated rings. The quantitative estimate of drug-likeness (QED) is 0.781. The first kappa shape index (κ1) is 13.5. The van der Waals surface area contributed by atoms with Crippen LogP contribution in [0.5, 0.6) is 0 Å². The Balaban J connectivity index is 1.40. The van der Waals surface area contributed by atoms with Crippen LogP contribution < -0.4 is 5.32 Å². The Hall–Kier alpha value is -0.520. The zero-order valence-electron chi connectivity index (χ0n) is 12.1. The molecule has 0 radical (unpaired) electrons. The van der Waals surface area contributed by atoms with E-state index in [4.69, 9.17) is 6.42 Å². The molecule has 3 heterocycles. The summed E-state index contributed by atoms with van der Waals surface area (Å²) in [7, 11) is 0. The first-order valence-electron chi connectivity index (χ1n) is 8.27. The van der Waals surface area contributed by atoms with Gasteiger partial charge in [-0.1, -0.05) is 19.3 Å². The SMILES string of the molecule is C#C[C@H]1CN2CC[C@H]1C[C@@H]2CNCC1CCCCC1. The highest BCUT2D eigenvalue weighted by Gasteiger charge is 2.38. The molecule has 1 saturated carbocycles. The van der Waals surface area contributed by atoms with Crippen molar-refractivity contribution in [3.8, 4) is 12.3 Å². The predicted octanol–water partition coefficient (Wildman–Crippen LogP) is 2.50. The van der Waals surface area contributed by atoms with E-state index in [1.807, 2.05) is 0 Å². The highest BCUT2D eigenvalue weighted by Crippen LogP contribution is 2.35. The van der Waals surface area contributed by atoms with Crippen LogP contribution in [0.3, 0.4) is 0 Å². The Morgan fingerprint density at radius 2 is 1.95 bits per heavy atom. The Morgan fingerprint density at radius 1 is 1.11 bits per heavy atom. The second kappa shape index (κ2) is 6.29. The number of hydrogen-bond acceptors (Lipinski definition) is 2. The van der Waals surface area contributed by atoms with Gasteiger partial charge in [0.05, 0.1) is 0 Å². The summed E-state index contributed by atoms with van der Waals surface area (Å²) >= 11 is 0. The maximum Gasteiger partial charge on any atom is 0.0356 e. The molecule has 0 spiro atoms. The molecule has 4 rings (SSSR count). The number of hydrogen-bond donors (Lipinski definition) is 1. The van der Waals surface area contributed by atoms with Crippen LogP contribution in [0, 0.1) is 30.1 Å². The maximum absolute atomic E-state index is 5.64. The van der Waals surface area contributed by atoms with Crippen molar-refractivity contribution >= 4 is 0 Å². The van der Waals surface area contributed by atoms with E-state index in [9.17, 15) is 0 Å². The largest absolute Gasteiger partial charge is 0.315 e. The van der Waals surface area contributed by atoms with Gasteiger partial charge in [-0.3, -0.25) is 4.90 Å². The van der Waals surface area contributed by atoms with Crippen molar-refractivity contribution in [1.82, 2.24) is 10.2 Å². The van der Waals surface area contributed by atoms with E-state index < -0.39 is 0 Å². The monoisotopic (exact) mass is 260 g/mol. The minimum atomic E-state index is 0.531. The molecule has 2 bridgehead atoms. The number of fused-ring (bicyclic) bond motifs is 3. The van der Waals surface area contributed by atoms with Crippen molar-refractivity contribution in [2.45, 2.75) is 51.0 Å². The molecule has 0 amide bonds. The van der Waals surface area contributed by atoms with E-state index in [-0.39, 0.29) is 0 Å². The van der Waals surface area contributed by atoms with Crippen LogP contribution in [-0.2, 0) is 0 Å². The molecule has 0 aromatic heterocycles. The second-order valence-electron chi connectivity index (χ2n) is 6.87. The molecule has 4 atom stereocenters. The molecule has 1 unspecified atom stereocenters. The fourth-order valence-electron chi connectivity index (χ4n) is 4.38. The topological polar surface area (TPSA) is 15.3 Å². The maximum atomic E-state index is 5.64. The van der Waals surface area contributed by atoms with E-state index >= 15 is 0 Å². The Labute approximate surface area is 118 Å². The van der Waals surface area contributed by atoms with Gasteiger partial charge < -0.3 is 5.32 Å². The lowest BCUT2D eigenvalue weighted by molar-refractivity contribution is 0.0224. The third-order valence-corrected chi connectivity index (χ3v) is 5.63. The fraction of sp³-hybridized carbons (Fsp3) is 0.882. The summed E-state index contributed by atoms with van der Waals surface area (Å²) in [6.45, 7) is 4.85. The highest BCUT2D eigenvalue weighted by atomic mass is 15.2. The molecule has 106 valence electrons. The Kier molecular flexibility index (Phi) is 4.45. The first-order valence-corrected chi connectivity index (χ1v) is 8.27. The van der Waals surface area contributed by atoms with Crippen molar-refractivity contribution in [1.29, 1.82) is 0 Å². The molecule has 3 saturated heterocycles. The average Bonchev–Trinajstić information content (AvgIpc) is 2.49. The van der Waals surface area contributed by atoms with Crippen molar-refractivity contribution in [2.24, 2.45) is 17.8 Å². The summed E-state index contributed by atoms with van der Waals surface area (Å²) in [6, 6.07) is 0.756. The van der Waals surface area contributed by atoms with Gasteiger partial charge in [-0.2, -0.15) is 0 Å². The molecule has 2 heteroatoms. The van der Waals surface area contributed by atoms with Gasteiger partial charge >= 0.3 is 0 Å². The normalized spacial score (nSPS) is 39.1. The summed E-state index contributed by atoms with van der Waals surface area (Å²) in [6.07, 6.45) is 15.6. The predicted molar refractivity (Wildman–Crippen MR) is 79.9 cm³/mol. The third kappa shape index (κ3) is 3.15. The standard InChI is InChI=1S/C17H28N2/c1-2-15-13-19-9-8-16(15)10-17(19)12-18-11-14-6-4-3-5-7-14/h1,14-18H,3-13H2/t15-,16-,17+/m0/s1. The molecular formula is C17H28N2. The van der Waals surface area contributed by atoms with Crippen LogP contribution in [0.1, 0.15) is 44.9 Å². The zero-order valence-corrected chi connectivity index (χ0v) is 12.1. The Bertz CT molecular complexity index is 327. The highest BCUT2D eigenvalue weighted by molar-refractivity contribution is 5.05. The Morgan fingerprint density at radius 3 is 2.63 bits per heavy atom. The van der Waals surface area contributed by atoms with E-state index in [0.29, 0.717) is 5.92 Å². The summed E-state index contributed by atoms with van der Waals surface area (Å²) in [5, 5.41) is 3.75. The van der Waals surface area contributed by atoms with Gasteiger partial charge in [0, 0.05) is 25.0 Å². The lowest BCUT2D eigenvalue weighted by Gasteiger charge is -2.48. The smallest absolute Gasteiger partial charge is 0.0356 e. The lowest BCUT2D eigenvalue weighted by atomic mass is 9.76. The van der Waals surface area contributed by atoms with Gasteiger partial charge in [0.25, 0.3) is 0 Å². The fourth-order valence-corrected chi connectivity index (χ4v) is 4.38. The number of terminal acetylenes is 1.